The molecule has 1 fully saturated rings. The molecule has 1 aliphatic rings. The van der Waals surface area contributed by atoms with Gasteiger partial charge in [-0.15, -0.1) is 11.8 Å². The number of aromatic nitrogens is 1. The van der Waals surface area contributed by atoms with Gasteiger partial charge in [0.2, 0.25) is 11.8 Å². The molecule has 1 aromatic heterocycles. The van der Waals surface area contributed by atoms with Gasteiger partial charge in [0.25, 0.3) is 0 Å². The van der Waals surface area contributed by atoms with Gasteiger partial charge in [0.15, 0.2) is 5.82 Å². The van der Waals surface area contributed by atoms with Crippen LogP contribution in [0.1, 0.15) is 0 Å². The van der Waals surface area contributed by atoms with E-state index in [9.17, 15) is 9.59 Å². The lowest BCUT2D eigenvalue weighted by molar-refractivity contribution is -0.124. The number of imide groups is 1. The van der Waals surface area contributed by atoms with Crippen molar-refractivity contribution in [3.8, 4) is 0 Å². The van der Waals surface area contributed by atoms with Crippen LogP contribution in [0.4, 0.5) is 5.82 Å². The minimum atomic E-state index is -0.212. The van der Waals surface area contributed by atoms with E-state index >= 15 is 0 Å². The van der Waals surface area contributed by atoms with Crippen LogP contribution in [0.5, 0.6) is 0 Å². The van der Waals surface area contributed by atoms with Crippen molar-refractivity contribution in [1.29, 1.82) is 0 Å². The third kappa shape index (κ3) is 2.05. The summed E-state index contributed by atoms with van der Waals surface area (Å²) in [6, 6.07) is 3.49. The van der Waals surface area contributed by atoms with Gasteiger partial charge in [0.1, 0.15) is 0 Å². The van der Waals surface area contributed by atoms with Crippen LogP contribution in [0, 0.1) is 0 Å². The number of amides is 2. The number of hydrogen-bond donors (Lipinski definition) is 0. The molecule has 4 nitrogen and oxygen atoms in total. The number of hydrogen-bond acceptors (Lipinski definition) is 4. The molecule has 0 spiro atoms. The van der Waals surface area contributed by atoms with Gasteiger partial charge in [0.05, 0.1) is 16.0 Å². The van der Waals surface area contributed by atoms with Crippen LogP contribution in [0.15, 0.2) is 22.8 Å². The summed E-state index contributed by atoms with van der Waals surface area (Å²) in [5, 5.41) is 0. The van der Waals surface area contributed by atoms with Crippen molar-refractivity contribution in [2.24, 2.45) is 0 Å². The number of pyridine rings is 1. The fourth-order valence-corrected chi connectivity index (χ4v) is 2.41. The Morgan fingerprint density at radius 1 is 1.33 bits per heavy atom. The molecular weight excluding hydrogens is 280 g/mol. The fourth-order valence-electron chi connectivity index (χ4n) is 1.27. The second-order valence-electron chi connectivity index (χ2n) is 2.92. The summed E-state index contributed by atoms with van der Waals surface area (Å²) in [5.74, 6) is 0.614. The van der Waals surface area contributed by atoms with E-state index in [0.717, 1.165) is 4.90 Å². The molecule has 1 saturated heterocycles. The van der Waals surface area contributed by atoms with Gasteiger partial charge in [-0.05, 0) is 28.1 Å². The first kappa shape index (κ1) is 10.6. The lowest BCUT2D eigenvalue weighted by atomic mass is 10.4. The largest absolute Gasteiger partial charge is 0.273 e. The molecule has 0 atom stereocenters. The molecule has 0 bridgehead atoms. The summed E-state index contributed by atoms with van der Waals surface area (Å²) in [6.07, 6.45) is 1.56. The van der Waals surface area contributed by atoms with Gasteiger partial charge in [0, 0.05) is 6.20 Å². The van der Waals surface area contributed by atoms with E-state index in [4.69, 9.17) is 0 Å². The maximum Gasteiger partial charge on any atom is 0.245 e. The van der Waals surface area contributed by atoms with Crippen molar-refractivity contribution in [3.63, 3.8) is 0 Å². The number of halogens is 1. The monoisotopic (exact) mass is 286 g/mol. The summed E-state index contributed by atoms with van der Waals surface area (Å²) >= 11 is 4.60. The van der Waals surface area contributed by atoms with E-state index in [-0.39, 0.29) is 11.8 Å². The van der Waals surface area contributed by atoms with Crippen molar-refractivity contribution in [3.05, 3.63) is 22.8 Å². The predicted molar refractivity (Wildman–Crippen MR) is 61.8 cm³/mol. The van der Waals surface area contributed by atoms with Crippen molar-refractivity contribution < 1.29 is 9.59 Å². The third-order valence-electron chi connectivity index (χ3n) is 1.90. The lowest BCUT2D eigenvalue weighted by Crippen LogP contribution is -2.43. The highest BCUT2D eigenvalue weighted by Crippen LogP contribution is 2.26. The Bertz CT molecular complexity index is 408. The number of carbonyl (C=O) groups is 2. The van der Waals surface area contributed by atoms with Crippen molar-refractivity contribution >= 4 is 45.3 Å². The first-order valence-electron chi connectivity index (χ1n) is 4.24. The SMILES string of the molecule is O=C1CSCC(=O)N1c1ncccc1Br. The second kappa shape index (κ2) is 4.32. The molecule has 1 aliphatic heterocycles. The Hall–Kier alpha value is -0.880. The standard InChI is InChI=1S/C9H7BrN2O2S/c10-6-2-1-3-11-9(6)12-7(13)4-15-5-8(12)14/h1-3H,4-5H2. The molecule has 0 radical (unpaired) electrons. The maximum atomic E-state index is 11.6. The van der Waals surface area contributed by atoms with Gasteiger partial charge >= 0.3 is 0 Å². The second-order valence-corrected chi connectivity index (χ2v) is 4.76. The van der Waals surface area contributed by atoms with Gasteiger partial charge in [-0.2, -0.15) is 0 Å². The van der Waals surface area contributed by atoms with Crippen LogP contribution in [0.25, 0.3) is 0 Å². The molecule has 6 heteroatoms. The predicted octanol–water partition coefficient (Wildman–Crippen LogP) is 1.45. The van der Waals surface area contributed by atoms with Gasteiger partial charge < -0.3 is 0 Å². The highest BCUT2D eigenvalue weighted by Gasteiger charge is 2.29. The fraction of sp³-hybridized carbons (Fsp3) is 0.222. The maximum absolute atomic E-state index is 11.6. The Morgan fingerprint density at radius 2 is 2.00 bits per heavy atom. The summed E-state index contributed by atoms with van der Waals surface area (Å²) < 4.78 is 0.651. The van der Waals surface area contributed by atoms with Crippen LogP contribution in [-0.4, -0.2) is 28.3 Å². The Labute approximate surface area is 99.2 Å². The molecule has 0 saturated carbocycles. The van der Waals surface area contributed by atoms with Crippen molar-refractivity contribution in [2.75, 3.05) is 16.4 Å². The van der Waals surface area contributed by atoms with E-state index in [1.807, 2.05) is 0 Å². The van der Waals surface area contributed by atoms with Gasteiger partial charge in [-0.25, -0.2) is 9.88 Å². The number of rotatable bonds is 1. The first-order chi connectivity index (χ1) is 7.20. The normalized spacial score (nSPS) is 17.0. The zero-order chi connectivity index (χ0) is 10.8. The third-order valence-corrected chi connectivity index (χ3v) is 3.42. The minimum absolute atomic E-state index is 0.212. The minimum Gasteiger partial charge on any atom is -0.273 e. The zero-order valence-electron chi connectivity index (χ0n) is 7.64. The first-order valence-corrected chi connectivity index (χ1v) is 6.19. The van der Waals surface area contributed by atoms with Gasteiger partial charge in [-0.3, -0.25) is 9.59 Å². The molecule has 15 heavy (non-hydrogen) atoms. The van der Waals surface area contributed by atoms with Crippen LogP contribution in [0.3, 0.4) is 0 Å². The Balaban J connectivity index is 2.40. The van der Waals surface area contributed by atoms with E-state index in [1.54, 1.807) is 18.3 Å². The lowest BCUT2D eigenvalue weighted by Gasteiger charge is -2.24. The molecule has 78 valence electrons. The molecular formula is C9H7BrN2O2S. The van der Waals surface area contributed by atoms with Crippen LogP contribution >= 0.6 is 27.7 Å². The van der Waals surface area contributed by atoms with Crippen molar-refractivity contribution in [2.45, 2.75) is 0 Å². The van der Waals surface area contributed by atoms with Crippen LogP contribution < -0.4 is 4.90 Å². The number of anilines is 1. The Kier molecular flexibility index (Phi) is 3.06. The summed E-state index contributed by atoms with van der Waals surface area (Å²) in [7, 11) is 0. The summed E-state index contributed by atoms with van der Waals surface area (Å²) in [4.78, 5) is 28.3. The van der Waals surface area contributed by atoms with Crippen molar-refractivity contribution in [1.82, 2.24) is 4.98 Å². The molecule has 1 aromatic rings. The number of thioether (sulfide) groups is 1. The highest BCUT2D eigenvalue weighted by atomic mass is 79.9. The van der Waals surface area contributed by atoms with Gasteiger partial charge in [-0.1, -0.05) is 0 Å². The average Bonchev–Trinajstić information content (AvgIpc) is 2.20. The number of nitrogens with zero attached hydrogens (tertiary/aromatic N) is 2. The zero-order valence-corrected chi connectivity index (χ0v) is 10.0. The van der Waals surface area contributed by atoms with E-state index in [2.05, 4.69) is 20.9 Å². The Morgan fingerprint density at radius 3 is 2.60 bits per heavy atom. The summed E-state index contributed by atoms with van der Waals surface area (Å²) in [6.45, 7) is 0. The molecule has 2 amide bonds. The highest BCUT2D eigenvalue weighted by molar-refractivity contribution is 9.10. The van der Waals surface area contributed by atoms with Crippen LogP contribution in [0.2, 0.25) is 0 Å². The van der Waals surface area contributed by atoms with E-state index in [0.29, 0.717) is 21.8 Å². The quantitative estimate of drug-likeness (QED) is 0.734. The molecule has 0 aliphatic carbocycles. The number of carbonyl (C=O) groups excluding carboxylic acids is 2. The summed E-state index contributed by atoms with van der Waals surface area (Å²) in [5.41, 5.74) is 0. The average molecular weight is 287 g/mol. The topological polar surface area (TPSA) is 50.3 Å². The molecule has 0 N–H and O–H groups in total. The molecule has 2 rings (SSSR count). The molecule has 0 aromatic carbocycles. The smallest absolute Gasteiger partial charge is 0.245 e. The molecule has 0 unspecified atom stereocenters. The van der Waals surface area contributed by atoms with E-state index in [1.165, 1.54) is 11.8 Å². The van der Waals surface area contributed by atoms with Crippen LogP contribution in [-0.2, 0) is 9.59 Å². The molecule has 2 heterocycles. The van der Waals surface area contributed by atoms with E-state index < -0.39 is 0 Å².